The summed E-state index contributed by atoms with van der Waals surface area (Å²) in [5.74, 6) is 1.44. The predicted molar refractivity (Wildman–Crippen MR) is 131 cm³/mol. The monoisotopic (exact) mass is 454 g/mol. The number of pyridine rings is 1. The van der Waals surface area contributed by atoms with E-state index in [0.717, 1.165) is 25.1 Å². The van der Waals surface area contributed by atoms with Crippen LogP contribution in [-0.2, 0) is 4.79 Å². The Morgan fingerprint density at radius 3 is 2.65 bits per heavy atom. The number of thioether (sulfide) groups is 1. The predicted octanol–water partition coefficient (Wildman–Crippen LogP) is 3.87. The van der Waals surface area contributed by atoms with Crippen molar-refractivity contribution < 1.29 is 4.79 Å². The molecule has 31 heavy (non-hydrogen) atoms. The number of hydrogen-bond donors (Lipinski definition) is 0. The van der Waals surface area contributed by atoms with Crippen LogP contribution in [0.3, 0.4) is 0 Å². The van der Waals surface area contributed by atoms with Gasteiger partial charge in [0.15, 0.2) is 0 Å². The first-order valence-electron chi connectivity index (χ1n) is 10.4. The Morgan fingerprint density at radius 2 is 1.97 bits per heavy atom. The second kappa shape index (κ2) is 8.59. The van der Waals surface area contributed by atoms with Crippen molar-refractivity contribution in [3.63, 3.8) is 0 Å². The maximum atomic E-state index is 13.6. The third-order valence-electron chi connectivity index (χ3n) is 5.61. The van der Waals surface area contributed by atoms with E-state index in [1.54, 1.807) is 22.7 Å². The summed E-state index contributed by atoms with van der Waals surface area (Å²) >= 11 is 6.58. The van der Waals surface area contributed by atoms with E-state index in [4.69, 9.17) is 17.2 Å². The molecule has 8 heteroatoms. The minimum atomic E-state index is -0.199. The van der Waals surface area contributed by atoms with Gasteiger partial charge in [0.05, 0.1) is 10.5 Å². The average molecular weight is 455 g/mol. The molecular formula is C23H26N4O2S2. The van der Waals surface area contributed by atoms with Gasteiger partial charge in [-0.25, -0.2) is 4.98 Å². The number of rotatable bonds is 4. The molecule has 0 radical (unpaired) electrons. The third-order valence-corrected chi connectivity index (χ3v) is 6.99. The van der Waals surface area contributed by atoms with Gasteiger partial charge in [-0.15, -0.1) is 6.58 Å². The average Bonchev–Trinajstić information content (AvgIpc) is 2.97. The molecule has 2 atom stereocenters. The molecular weight excluding hydrogens is 428 g/mol. The van der Waals surface area contributed by atoms with E-state index in [9.17, 15) is 9.59 Å². The quantitative estimate of drug-likeness (QED) is 0.397. The van der Waals surface area contributed by atoms with Gasteiger partial charge in [0, 0.05) is 25.8 Å². The summed E-state index contributed by atoms with van der Waals surface area (Å²) in [6, 6.07) is 3.82. The van der Waals surface area contributed by atoms with Gasteiger partial charge in [0.1, 0.15) is 15.8 Å². The number of nitrogens with zero attached hydrogens (tertiary/aromatic N) is 4. The van der Waals surface area contributed by atoms with Crippen LogP contribution in [0.5, 0.6) is 0 Å². The van der Waals surface area contributed by atoms with E-state index < -0.39 is 0 Å². The van der Waals surface area contributed by atoms with Crippen LogP contribution in [0.2, 0.25) is 0 Å². The molecule has 0 aliphatic carbocycles. The van der Waals surface area contributed by atoms with Crippen molar-refractivity contribution in [3.05, 3.63) is 57.4 Å². The number of aryl methyl sites for hydroxylation is 1. The summed E-state index contributed by atoms with van der Waals surface area (Å²) < 4.78 is 2.04. The van der Waals surface area contributed by atoms with E-state index in [2.05, 4.69) is 25.3 Å². The number of carbonyl (C=O) groups excluding carboxylic acids is 1. The number of amides is 1. The van der Waals surface area contributed by atoms with Crippen LogP contribution >= 0.6 is 24.0 Å². The summed E-state index contributed by atoms with van der Waals surface area (Å²) in [6.45, 7) is 12.1. The fraction of sp³-hybridized carbons (Fsp3) is 0.391. The molecule has 0 spiro atoms. The molecule has 2 aromatic heterocycles. The normalized spacial score (nSPS) is 23.3. The van der Waals surface area contributed by atoms with E-state index in [-0.39, 0.29) is 11.5 Å². The Bertz CT molecular complexity index is 1160. The van der Waals surface area contributed by atoms with Crippen molar-refractivity contribution >= 4 is 51.7 Å². The molecule has 2 aliphatic heterocycles. The summed E-state index contributed by atoms with van der Waals surface area (Å²) in [5.41, 5.74) is 1.83. The Morgan fingerprint density at radius 1 is 1.26 bits per heavy atom. The van der Waals surface area contributed by atoms with Gasteiger partial charge >= 0.3 is 0 Å². The number of fused-ring (bicyclic) bond motifs is 1. The lowest BCUT2D eigenvalue weighted by molar-refractivity contribution is -0.121. The molecule has 2 fully saturated rings. The minimum absolute atomic E-state index is 0.177. The molecule has 162 valence electrons. The number of anilines is 1. The third kappa shape index (κ3) is 4.19. The van der Waals surface area contributed by atoms with Gasteiger partial charge in [0.2, 0.25) is 0 Å². The van der Waals surface area contributed by atoms with Crippen LogP contribution in [-0.4, -0.2) is 44.1 Å². The molecule has 2 aliphatic rings. The topological polar surface area (TPSA) is 57.9 Å². The van der Waals surface area contributed by atoms with E-state index >= 15 is 0 Å². The second-order valence-electron chi connectivity index (χ2n) is 8.52. The molecule has 0 bridgehead atoms. The van der Waals surface area contributed by atoms with Crippen molar-refractivity contribution in [1.82, 2.24) is 14.3 Å². The smallest absolute Gasteiger partial charge is 0.267 e. The molecule has 4 heterocycles. The zero-order chi connectivity index (χ0) is 22.3. The van der Waals surface area contributed by atoms with Crippen molar-refractivity contribution in [2.75, 3.05) is 24.5 Å². The van der Waals surface area contributed by atoms with Crippen molar-refractivity contribution in [3.8, 4) is 0 Å². The Kier molecular flexibility index (Phi) is 6.03. The van der Waals surface area contributed by atoms with Gasteiger partial charge in [-0.2, -0.15) is 0 Å². The molecule has 0 aromatic carbocycles. The standard InChI is InChI=1S/C23H26N4O2S2/c1-5-8-26-22(29)18(31-23(26)30)10-17-20(25-11-15(3)9-16(4)12-25)24-19-7-6-14(2)13-27(19)21(17)28/h5-7,10,13,15-16H,1,8-9,11-12H2,2-4H3/b18-10+/t15-,16+. The van der Waals surface area contributed by atoms with Crippen LogP contribution in [0.15, 0.2) is 40.7 Å². The summed E-state index contributed by atoms with van der Waals surface area (Å²) in [4.78, 5) is 35.5. The first-order valence-corrected chi connectivity index (χ1v) is 11.6. The highest BCUT2D eigenvalue weighted by Gasteiger charge is 2.33. The molecule has 0 saturated carbocycles. The van der Waals surface area contributed by atoms with Crippen LogP contribution < -0.4 is 10.5 Å². The van der Waals surface area contributed by atoms with Crippen LogP contribution in [0.25, 0.3) is 11.7 Å². The lowest BCUT2D eigenvalue weighted by Gasteiger charge is -2.36. The van der Waals surface area contributed by atoms with E-state index in [0.29, 0.717) is 44.6 Å². The molecule has 0 unspecified atom stereocenters. The van der Waals surface area contributed by atoms with Crippen molar-refractivity contribution in [2.45, 2.75) is 27.2 Å². The van der Waals surface area contributed by atoms with Crippen LogP contribution in [0.1, 0.15) is 31.4 Å². The zero-order valence-corrected chi connectivity index (χ0v) is 19.6. The second-order valence-corrected chi connectivity index (χ2v) is 10.2. The highest BCUT2D eigenvalue weighted by molar-refractivity contribution is 8.26. The van der Waals surface area contributed by atoms with E-state index in [1.807, 2.05) is 19.1 Å². The number of aromatic nitrogens is 2. The first-order chi connectivity index (χ1) is 14.8. The van der Waals surface area contributed by atoms with Crippen LogP contribution in [0.4, 0.5) is 5.82 Å². The van der Waals surface area contributed by atoms with Crippen molar-refractivity contribution in [2.24, 2.45) is 11.8 Å². The molecule has 0 N–H and O–H groups in total. The highest BCUT2D eigenvalue weighted by atomic mass is 32.2. The maximum absolute atomic E-state index is 13.6. The van der Waals surface area contributed by atoms with Gasteiger partial charge in [-0.3, -0.25) is 18.9 Å². The zero-order valence-electron chi connectivity index (χ0n) is 18.0. The molecule has 1 amide bonds. The Hall–Kier alpha value is -2.45. The molecule has 2 saturated heterocycles. The first kappa shape index (κ1) is 21.8. The van der Waals surface area contributed by atoms with Gasteiger partial charge in [0.25, 0.3) is 11.5 Å². The molecule has 6 nitrogen and oxygen atoms in total. The van der Waals surface area contributed by atoms with Crippen LogP contribution in [0, 0.1) is 18.8 Å². The SMILES string of the molecule is C=CCN1C(=O)/C(=C\c2c(N3C[C@H](C)C[C@H](C)C3)nc3ccc(C)cn3c2=O)SC1=S. The minimum Gasteiger partial charge on any atom is -0.355 e. The summed E-state index contributed by atoms with van der Waals surface area (Å²) in [5, 5.41) is 0. The number of piperidine rings is 1. The van der Waals surface area contributed by atoms with Gasteiger partial charge < -0.3 is 4.90 Å². The maximum Gasteiger partial charge on any atom is 0.267 e. The molecule has 4 rings (SSSR count). The lowest BCUT2D eigenvalue weighted by Crippen LogP contribution is -2.40. The van der Waals surface area contributed by atoms with Gasteiger partial charge in [-0.1, -0.05) is 50.0 Å². The highest BCUT2D eigenvalue weighted by Crippen LogP contribution is 2.34. The lowest BCUT2D eigenvalue weighted by atomic mass is 9.91. The Balaban J connectivity index is 1.89. The number of carbonyl (C=O) groups is 1. The largest absolute Gasteiger partial charge is 0.355 e. The fourth-order valence-electron chi connectivity index (χ4n) is 4.37. The fourth-order valence-corrected chi connectivity index (χ4v) is 5.62. The van der Waals surface area contributed by atoms with Crippen molar-refractivity contribution in [1.29, 1.82) is 0 Å². The Labute approximate surface area is 191 Å². The molecule has 2 aromatic rings. The number of hydrogen-bond acceptors (Lipinski definition) is 6. The summed E-state index contributed by atoms with van der Waals surface area (Å²) in [6.07, 6.45) is 6.25. The summed E-state index contributed by atoms with van der Waals surface area (Å²) in [7, 11) is 0. The van der Waals surface area contributed by atoms with E-state index in [1.165, 1.54) is 16.7 Å². The van der Waals surface area contributed by atoms with Gasteiger partial charge in [-0.05, 0) is 42.9 Å². The number of thiocarbonyl (C=S) groups is 1.